The molecule has 0 amide bonds. The Kier molecular flexibility index (Phi) is 3.33. The topological polar surface area (TPSA) is 25.8 Å². The molecule has 1 aromatic heterocycles. The molecule has 0 fully saturated rings. The first-order valence-electron chi connectivity index (χ1n) is 2.89. The van der Waals surface area contributed by atoms with E-state index in [1.165, 1.54) is 0 Å². The number of halogens is 3. The standard InChI is InChI=1S/C6H5Cl2IN2/c1-3-4(2-9)5(7)11-6(8)10-3/h2H2,1H3. The van der Waals surface area contributed by atoms with Crippen molar-refractivity contribution >= 4 is 45.8 Å². The summed E-state index contributed by atoms with van der Waals surface area (Å²) in [6, 6.07) is 0. The van der Waals surface area contributed by atoms with Crippen molar-refractivity contribution in [2.24, 2.45) is 0 Å². The second-order valence-electron chi connectivity index (χ2n) is 1.98. The van der Waals surface area contributed by atoms with Gasteiger partial charge in [0.05, 0.1) is 0 Å². The third-order valence-electron chi connectivity index (χ3n) is 1.27. The van der Waals surface area contributed by atoms with E-state index in [4.69, 9.17) is 23.2 Å². The van der Waals surface area contributed by atoms with E-state index in [2.05, 4.69) is 32.6 Å². The molecule has 0 atom stereocenters. The quantitative estimate of drug-likeness (QED) is 0.345. The van der Waals surface area contributed by atoms with Gasteiger partial charge in [0, 0.05) is 15.7 Å². The summed E-state index contributed by atoms with van der Waals surface area (Å²) in [5, 5.41) is 0.665. The predicted molar refractivity (Wildman–Crippen MR) is 54.5 cm³/mol. The number of aryl methyl sites for hydroxylation is 1. The zero-order valence-electron chi connectivity index (χ0n) is 5.74. The summed E-state index contributed by atoms with van der Waals surface area (Å²) >= 11 is 13.6. The van der Waals surface area contributed by atoms with Crippen LogP contribution in [0.4, 0.5) is 0 Å². The van der Waals surface area contributed by atoms with E-state index in [0.29, 0.717) is 5.15 Å². The Morgan fingerprint density at radius 1 is 1.36 bits per heavy atom. The molecule has 0 unspecified atom stereocenters. The molecule has 1 heterocycles. The molecule has 11 heavy (non-hydrogen) atoms. The monoisotopic (exact) mass is 302 g/mol. The fourth-order valence-electron chi connectivity index (χ4n) is 0.680. The summed E-state index contributed by atoms with van der Waals surface area (Å²) in [5.41, 5.74) is 1.81. The SMILES string of the molecule is Cc1nc(Cl)nc(Cl)c1CI. The van der Waals surface area contributed by atoms with Gasteiger partial charge in [0.25, 0.3) is 0 Å². The van der Waals surface area contributed by atoms with Gasteiger partial charge >= 0.3 is 0 Å². The summed E-state index contributed by atoms with van der Waals surface area (Å²) in [6.07, 6.45) is 0. The lowest BCUT2D eigenvalue weighted by molar-refractivity contribution is 1.06. The van der Waals surface area contributed by atoms with Gasteiger partial charge in [0.15, 0.2) is 0 Å². The van der Waals surface area contributed by atoms with Crippen molar-refractivity contribution in [3.8, 4) is 0 Å². The van der Waals surface area contributed by atoms with Crippen molar-refractivity contribution in [2.45, 2.75) is 11.4 Å². The largest absolute Gasteiger partial charge is 0.224 e. The minimum atomic E-state index is 0.209. The molecule has 0 aliphatic heterocycles. The Balaban J connectivity index is 3.25. The van der Waals surface area contributed by atoms with Gasteiger partial charge in [-0.2, -0.15) is 0 Å². The van der Waals surface area contributed by atoms with Crippen LogP contribution in [0.3, 0.4) is 0 Å². The van der Waals surface area contributed by atoms with Crippen molar-refractivity contribution in [1.29, 1.82) is 0 Å². The molecule has 0 aliphatic carbocycles. The van der Waals surface area contributed by atoms with Crippen LogP contribution in [0.1, 0.15) is 11.3 Å². The second kappa shape index (κ2) is 3.87. The van der Waals surface area contributed by atoms with Crippen LogP contribution in [-0.2, 0) is 4.43 Å². The molecule has 0 spiro atoms. The molecular weight excluding hydrogens is 298 g/mol. The maximum atomic E-state index is 5.79. The van der Waals surface area contributed by atoms with Crippen LogP contribution < -0.4 is 0 Å². The van der Waals surface area contributed by atoms with Gasteiger partial charge in [0.2, 0.25) is 5.28 Å². The van der Waals surface area contributed by atoms with Gasteiger partial charge in [-0.15, -0.1) is 0 Å². The van der Waals surface area contributed by atoms with E-state index in [1.807, 2.05) is 6.92 Å². The lowest BCUT2D eigenvalue weighted by Gasteiger charge is -2.02. The zero-order valence-corrected chi connectivity index (χ0v) is 9.40. The van der Waals surface area contributed by atoms with E-state index < -0.39 is 0 Å². The van der Waals surface area contributed by atoms with E-state index in [1.54, 1.807) is 0 Å². The van der Waals surface area contributed by atoms with Crippen LogP contribution in [0.25, 0.3) is 0 Å². The molecule has 0 aromatic carbocycles. The molecule has 0 aliphatic rings. The average Bonchev–Trinajstić information content (AvgIpc) is 1.85. The van der Waals surface area contributed by atoms with Crippen LogP contribution in [0.2, 0.25) is 10.4 Å². The van der Waals surface area contributed by atoms with Crippen molar-refractivity contribution in [2.75, 3.05) is 0 Å². The summed E-state index contributed by atoms with van der Waals surface area (Å²) in [4.78, 5) is 7.79. The first-order chi connectivity index (χ1) is 5.15. The maximum absolute atomic E-state index is 5.79. The minimum Gasteiger partial charge on any atom is -0.223 e. The van der Waals surface area contributed by atoms with Gasteiger partial charge in [-0.3, -0.25) is 0 Å². The third kappa shape index (κ3) is 2.16. The molecule has 0 radical (unpaired) electrons. The fourth-order valence-corrected chi connectivity index (χ4v) is 2.36. The van der Waals surface area contributed by atoms with Crippen LogP contribution in [-0.4, -0.2) is 9.97 Å². The first-order valence-corrected chi connectivity index (χ1v) is 5.17. The Morgan fingerprint density at radius 2 is 2.00 bits per heavy atom. The number of rotatable bonds is 1. The summed E-state index contributed by atoms with van der Waals surface area (Å²) < 4.78 is 0.805. The third-order valence-corrected chi connectivity index (χ3v) is 2.51. The highest BCUT2D eigenvalue weighted by atomic mass is 127. The molecule has 0 N–H and O–H groups in total. The van der Waals surface area contributed by atoms with Crippen molar-refractivity contribution in [1.82, 2.24) is 9.97 Å². The van der Waals surface area contributed by atoms with Crippen LogP contribution in [0, 0.1) is 6.92 Å². The smallest absolute Gasteiger partial charge is 0.223 e. The normalized spacial score (nSPS) is 10.2. The van der Waals surface area contributed by atoms with E-state index >= 15 is 0 Å². The first kappa shape index (κ1) is 9.48. The molecule has 1 aromatic rings. The minimum absolute atomic E-state index is 0.209. The lowest BCUT2D eigenvalue weighted by atomic mass is 10.3. The summed E-state index contributed by atoms with van der Waals surface area (Å²) in [6.45, 7) is 1.87. The maximum Gasteiger partial charge on any atom is 0.224 e. The Labute approximate surface area is 88.5 Å². The van der Waals surface area contributed by atoms with Crippen molar-refractivity contribution in [3.05, 3.63) is 21.7 Å². The van der Waals surface area contributed by atoms with Gasteiger partial charge in [-0.25, -0.2) is 9.97 Å². The van der Waals surface area contributed by atoms with Gasteiger partial charge in [-0.1, -0.05) is 34.2 Å². The Bertz CT molecular complexity index is 254. The van der Waals surface area contributed by atoms with Crippen molar-refractivity contribution in [3.63, 3.8) is 0 Å². The number of alkyl halides is 1. The molecule has 2 nitrogen and oxygen atoms in total. The lowest BCUT2D eigenvalue weighted by Crippen LogP contribution is -1.94. The van der Waals surface area contributed by atoms with E-state index in [-0.39, 0.29) is 5.28 Å². The molecule has 60 valence electrons. The number of hydrogen-bond acceptors (Lipinski definition) is 2. The number of nitrogens with zero attached hydrogens (tertiary/aromatic N) is 2. The van der Waals surface area contributed by atoms with E-state index in [0.717, 1.165) is 15.7 Å². The highest BCUT2D eigenvalue weighted by molar-refractivity contribution is 14.1. The fraction of sp³-hybridized carbons (Fsp3) is 0.333. The molecule has 5 heteroatoms. The zero-order chi connectivity index (χ0) is 8.43. The molecule has 0 bridgehead atoms. The van der Waals surface area contributed by atoms with Gasteiger partial charge in [0.1, 0.15) is 5.15 Å². The highest BCUT2D eigenvalue weighted by Crippen LogP contribution is 2.20. The second-order valence-corrected chi connectivity index (χ2v) is 3.44. The van der Waals surface area contributed by atoms with Crippen LogP contribution >= 0.6 is 45.8 Å². The predicted octanol–water partition coefficient (Wildman–Crippen LogP) is 3.03. The average molecular weight is 303 g/mol. The highest BCUT2D eigenvalue weighted by Gasteiger charge is 2.06. The summed E-state index contributed by atoms with van der Waals surface area (Å²) in [5.74, 6) is 0. The number of hydrogen-bond donors (Lipinski definition) is 0. The molecular formula is C6H5Cl2IN2. The Morgan fingerprint density at radius 3 is 2.45 bits per heavy atom. The van der Waals surface area contributed by atoms with Crippen LogP contribution in [0.15, 0.2) is 0 Å². The number of aromatic nitrogens is 2. The van der Waals surface area contributed by atoms with Gasteiger partial charge in [-0.05, 0) is 18.5 Å². The summed E-state index contributed by atoms with van der Waals surface area (Å²) in [7, 11) is 0. The molecule has 1 rings (SSSR count). The molecule has 0 saturated heterocycles. The van der Waals surface area contributed by atoms with Crippen LogP contribution in [0.5, 0.6) is 0 Å². The van der Waals surface area contributed by atoms with Gasteiger partial charge < -0.3 is 0 Å². The Hall–Kier alpha value is 0.390. The van der Waals surface area contributed by atoms with Crippen molar-refractivity contribution < 1.29 is 0 Å². The van der Waals surface area contributed by atoms with E-state index in [9.17, 15) is 0 Å². The molecule has 0 saturated carbocycles.